The van der Waals surface area contributed by atoms with E-state index in [2.05, 4.69) is 0 Å². The van der Waals surface area contributed by atoms with E-state index in [1.165, 1.54) is 0 Å². The third kappa shape index (κ3) is 1.98. The van der Waals surface area contributed by atoms with E-state index in [9.17, 15) is 4.79 Å². The van der Waals surface area contributed by atoms with Crippen molar-refractivity contribution >= 4 is 16.9 Å². The lowest BCUT2D eigenvalue weighted by molar-refractivity contribution is -0.138. The summed E-state index contributed by atoms with van der Waals surface area (Å²) in [4.78, 5) is 11.0. The van der Waals surface area contributed by atoms with E-state index in [-0.39, 0.29) is 0 Å². The normalized spacial score (nSPS) is 12.6. The second-order valence-electron chi connectivity index (χ2n) is 4.06. The number of carboxylic acid groups (broad SMARTS) is 1. The number of benzene rings is 1. The molecule has 1 N–H and O–H groups in total. The molecule has 90 valence electrons. The van der Waals surface area contributed by atoms with Gasteiger partial charge in [0, 0.05) is 5.39 Å². The Morgan fingerprint density at radius 2 is 2.12 bits per heavy atom. The van der Waals surface area contributed by atoms with Crippen molar-refractivity contribution in [2.24, 2.45) is 0 Å². The molecule has 0 fully saturated rings. The molecule has 2 aromatic rings. The van der Waals surface area contributed by atoms with Crippen molar-refractivity contribution in [2.75, 3.05) is 7.11 Å². The number of ether oxygens (including phenoxy) is 1. The lowest BCUT2D eigenvalue weighted by atomic mass is 9.99. The van der Waals surface area contributed by atoms with Crippen molar-refractivity contribution in [2.45, 2.75) is 19.8 Å². The molecule has 2 rings (SSSR count). The lowest BCUT2D eigenvalue weighted by Gasteiger charge is -2.09. The Labute approximate surface area is 98.8 Å². The largest absolute Gasteiger partial charge is 0.493 e. The highest BCUT2D eigenvalue weighted by Gasteiger charge is 2.17. The SMILES string of the molecule is COc1cc(C(C)C(=O)O)cc2cc(C)oc12. The zero-order valence-corrected chi connectivity index (χ0v) is 9.98. The first kappa shape index (κ1) is 11.5. The second kappa shape index (κ2) is 4.13. The Balaban J connectivity index is 2.63. The van der Waals surface area contributed by atoms with Crippen LogP contribution in [0.2, 0.25) is 0 Å². The number of furan rings is 1. The van der Waals surface area contributed by atoms with Gasteiger partial charge in [0.25, 0.3) is 0 Å². The van der Waals surface area contributed by atoms with Gasteiger partial charge in [0.2, 0.25) is 0 Å². The van der Waals surface area contributed by atoms with Gasteiger partial charge in [-0.2, -0.15) is 0 Å². The number of methoxy groups -OCH3 is 1. The summed E-state index contributed by atoms with van der Waals surface area (Å²) >= 11 is 0. The summed E-state index contributed by atoms with van der Waals surface area (Å²) in [6.07, 6.45) is 0. The zero-order chi connectivity index (χ0) is 12.6. The average Bonchev–Trinajstić information content (AvgIpc) is 2.66. The molecule has 17 heavy (non-hydrogen) atoms. The molecular weight excluding hydrogens is 220 g/mol. The van der Waals surface area contributed by atoms with E-state index >= 15 is 0 Å². The van der Waals surface area contributed by atoms with Crippen molar-refractivity contribution in [3.8, 4) is 5.75 Å². The van der Waals surface area contributed by atoms with E-state index in [1.54, 1.807) is 20.1 Å². The molecular formula is C13H14O4. The summed E-state index contributed by atoms with van der Waals surface area (Å²) in [6.45, 7) is 3.50. The molecule has 0 aliphatic rings. The van der Waals surface area contributed by atoms with E-state index < -0.39 is 11.9 Å². The fourth-order valence-corrected chi connectivity index (χ4v) is 1.82. The van der Waals surface area contributed by atoms with Crippen LogP contribution in [0.25, 0.3) is 11.0 Å². The minimum atomic E-state index is -0.855. The third-order valence-electron chi connectivity index (χ3n) is 2.82. The monoisotopic (exact) mass is 234 g/mol. The van der Waals surface area contributed by atoms with Crippen molar-refractivity contribution in [3.05, 3.63) is 29.5 Å². The van der Waals surface area contributed by atoms with Crippen LogP contribution >= 0.6 is 0 Å². The number of carboxylic acids is 1. The Morgan fingerprint density at radius 3 is 2.71 bits per heavy atom. The topological polar surface area (TPSA) is 59.7 Å². The molecule has 0 aliphatic heterocycles. The zero-order valence-electron chi connectivity index (χ0n) is 9.98. The molecule has 0 aliphatic carbocycles. The van der Waals surface area contributed by atoms with Crippen LogP contribution in [-0.2, 0) is 4.79 Å². The van der Waals surface area contributed by atoms with Gasteiger partial charge < -0.3 is 14.3 Å². The second-order valence-corrected chi connectivity index (χ2v) is 4.06. The van der Waals surface area contributed by atoms with Gasteiger partial charge >= 0.3 is 5.97 Å². The number of fused-ring (bicyclic) bond motifs is 1. The lowest BCUT2D eigenvalue weighted by Crippen LogP contribution is -2.07. The first-order valence-corrected chi connectivity index (χ1v) is 5.34. The van der Waals surface area contributed by atoms with Crippen molar-refractivity contribution in [3.63, 3.8) is 0 Å². The summed E-state index contributed by atoms with van der Waals surface area (Å²) in [5.41, 5.74) is 1.37. The first-order valence-electron chi connectivity index (χ1n) is 5.34. The molecule has 0 amide bonds. The molecule has 1 aromatic heterocycles. The molecule has 0 saturated carbocycles. The predicted octanol–water partition coefficient (Wildman–Crippen LogP) is 2.94. The molecule has 0 radical (unpaired) electrons. The van der Waals surface area contributed by atoms with Crippen molar-refractivity contribution in [1.82, 2.24) is 0 Å². The first-order chi connectivity index (χ1) is 8.02. The third-order valence-corrected chi connectivity index (χ3v) is 2.82. The minimum absolute atomic E-state index is 0.566. The van der Waals surface area contributed by atoms with Crippen LogP contribution in [0.3, 0.4) is 0 Å². The highest BCUT2D eigenvalue weighted by atomic mass is 16.5. The quantitative estimate of drug-likeness (QED) is 0.887. The van der Waals surface area contributed by atoms with Crippen LogP contribution in [0.1, 0.15) is 24.2 Å². The highest BCUT2D eigenvalue weighted by Crippen LogP contribution is 2.32. The number of carbonyl (C=O) groups is 1. The van der Waals surface area contributed by atoms with Gasteiger partial charge in [-0.1, -0.05) is 0 Å². The number of hydrogen-bond donors (Lipinski definition) is 1. The Kier molecular flexibility index (Phi) is 2.79. The molecule has 1 unspecified atom stereocenters. The van der Waals surface area contributed by atoms with Crippen molar-refractivity contribution < 1.29 is 19.1 Å². The van der Waals surface area contributed by atoms with Gasteiger partial charge in [-0.3, -0.25) is 4.79 Å². The minimum Gasteiger partial charge on any atom is -0.493 e. The highest BCUT2D eigenvalue weighted by molar-refractivity contribution is 5.87. The summed E-state index contributed by atoms with van der Waals surface area (Å²) in [5, 5.41) is 9.88. The fourth-order valence-electron chi connectivity index (χ4n) is 1.82. The summed E-state index contributed by atoms with van der Waals surface area (Å²) in [5.74, 6) is -0.0766. The Hall–Kier alpha value is -1.97. The Morgan fingerprint density at radius 1 is 1.41 bits per heavy atom. The molecule has 4 nitrogen and oxygen atoms in total. The van der Waals surface area contributed by atoms with Gasteiger partial charge in [-0.05, 0) is 37.6 Å². The van der Waals surface area contributed by atoms with E-state index in [4.69, 9.17) is 14.3 Å². The smallest absolute Gasteiger partial charge is 0.310 e. The van der Waals surface area contributed by atoms with Crippen LogP contribution in [0, 0.1) is 6.92 Å². The molecule has 0 bridgehead atoms. The van der Waals surface area contributed by atoms with Gasteiger partial charge in [0.15, 0.2) is 11.3 Å². The van der Waals surface area contributed by atoms with Gasteiger partial charge in [0.05, 0.1) is 13.0 Å². The standard InChI is InChI=1S/C13H14O4/c1-7-4-10-5-9(8(2)13(14)15)6-11(16-3)12(10)17-7/h4-6,8H,1-3H3,(H,14,15). The van der Waals surface area contributed by atoms with Crippen LogP contribution in [0.15, 0.2) is 22.6 Å². The molecule has 0 saturated heterocycles. The van der Waals surface area contributed by atoms with Gasteiger partial charge in [-0.15, -0.1) is 0 Å². The van der Waals surface area contributed by atoms with E-state index in [1.807, 2.05) is 19.1 Å². The summed E-state index contributed by atoms with van der Waals surface area (Å²) in [6, 6.07) is 5.41. The summed E-state index contributed by atoms with van der Waals surface area (Å²) < 4.78 is 10.7. The Bertz CT molecular complexity index is 568. The fraction of sp³-hybridized carbons (Fsp3) is 0.308. The molecule has 1 aromatic carbocycles. The maximum Gasteiger partial charge on any atom is 0.310 e. The number of rotatable bonds is 3. The van der Waals surface area contributed by atoms with E-state index in [0.29, 0.717) is 16.9 Å². The molecule has 1 heterocycles. The van der Waals surface area contributed by atoms with E-state index in [0.717, 1.165) is 11.1 Å². The van der Waals surface area contributed by atoms with Gasteiger partial charge in [-0.25, -0.2) is 0 Å². The molecule has 0 spiro atoms. The van der Waals surface area contributed by atoms with Crippen molar-refractivity contribution in [1.29, 1.82) is 0 Å². The number of aryl methyl sites for hydroxylation is 1. The molecule has 1 atom stereocenters. The van der Waals surface area contributed by atoms with Crippen LogP contribution < -0.4 is 4.74 Å². The number of hydrogen-bond acceptors (Lipinski definition) is 3. The average molecular weight is 234 g/mol. The van der Waals surface area contributed by atoms with Crippen LogP contribution in [-0.4, -0.2) is 18.2 Å². The maximum absolute atomic E-state index is 11.0. The maximum atomic E-state index is 11.0. The van der Waals surface area contributed by atoms with Gasteiger partial charge in [0.1, 0.15) is 5.76 Å². The number of aliphatic carboxylic acids is 1. The van der Waals surface area contributed by atoms with Crippen LogP contribution in [0.5, 0.6) is 5.75 Å². The predicted molar refractivity (Wildman–Crippen MR) is 63.6 cm³/mol. The summed E-state index contributed by atoms with van der Waals surface area (Å²) in [7, 11) is 1.54. The molecule has 4 heteroatoms. The van der Waals surface area contributed by atoms with Crippen LogP contribution in [0.4, 0.5) is 0 Å².